The molecule has 0 spiro atoms. The van der Waals surface area contributed by atoms with Crippen molar-refractivity contribution in [2.75, 3.05) is 6.54 Å². The van der Waals surface area contributed by atoms with Gasteiger partial charge in [0, 0.05) is 12.6 Å². The Morgan fingerprint density at radius 1 is 1.24 bits per heavy atom. The Morgan fingerprint density at radius 2 is 1.95 bits per heavy atom. The summed E-state index contributed by atoms with van der Waals surface area (Å²) in [5.41, 5.74) is 5.84. The second-order valence-corrected chi connectivity index (χ2v) is 6.99. The molecule has 3 N–H and O–H groups in total. The second kappa shape index (κ2) is 7.49. The van der Waals surface area contributed by atoms with Gasteiger partial charge in [-0.1, -0.05) is 6.42 Å². The molecule has 2 unspecified atom stereocenters. The lowest BCUT2D eigenvalue weighted by Gasteiger charge is -2.26. The summed E-state index contributed by atoms with van der Waals surface area (Å²) in [6, 6.07) is 2.65. The van der Waals surface area contributed by atoms with Crippen molar-refractivity contribution < 1.29 is 17.2 Å². The van der Waals surface area contributed by atoms with Gasteiger partial charge in [-0.15, -0.1) is 12.4 Å². The number of rotatable bonds is 4. The minimum atomic E-state index is -3.81. The van der Waals surface area contributed by atoms with Crippen LogP contribution in [0.1, 0.15) is 25.7 Å². The fourth-order valence-electron chi connectivity index (χ4n) is 2.47. The number of benzene rings is 1. The van der Waals surface area contributed by atoms with Gasteiger partial charge in [-0.05, 0) is 43.4 Å². The molecule has 0 saturated heterocycles. The Balaban J connectivity index is 0.00000220. The summed E-state index contributed by atoms with van der Waals surface area (Å²) in [4.78, 5) is -0.267. The molecule has 0 heterocycles. The fourth-order valence-corrected chi connectivity index (χ4v) is 3.60. The lowest BCUT2D eigenvalue weighted by molar-refractivity contribution is 0.322. The van der Waals surface area contributed by atoms with E-state index in [1.807, 2.05) is 0 Å². The summed E-state index contributed by atoms with van der Waals surface area (Å²) in [5, 5.41) is 0. The van der Waals surface area contributed by atoms with E-state index >= 15 is 0 Å². The zero-order valence-corrected chi connectivity index (χ0v) is 13.0. The lowest BCUT2D eigenvalue weighted by Crippen LogP contribution is -2.35. The highest BCUT2D eigenvalue weighted by Crippen LogP contribution is 2.23. The molecule has 0 amide bonds. The second-order valence-electron chi connectivity index (χ2n) is 5.22. The Kier molecular flexibility index (Phi) is 6.52. The molecule has 0 aliphatic heterocycles. The van der Waals surface area contributed by atoms with E-state index in [2.05, 4.69) is 4.72 Å². The zero-order chi connectivity index (χ0) is 14.8. The Labute approximate surface area is 129 Å². The van der Waals surface area contributed by atoms with E-state index in [-0.39, 0.29) is 35.8 Å². The Hall–Kier alpha value is -0.760. The monoisotopic (exact) mass is 340 g/mol. The number of nitrogens with two attached hydrogens (primary N) is 1. The highest BCUT2D eigenvalue weighted by molar-refractivity contribution is 7.89. The van der Waals surface area contributed by atoms with Crippen LogP contribution in [0.15, 0.2) is 23.1 Å². The van der Waals surface area contributed by atoms with Crippen LogP contribution in [0.25, 0.3) is 0 Å². The molecule has 0 aromatic heterocycles. The number of nitrogens with one attached hydrogen (secondary N) is 1. The minimum absolute atomic E-state index is 0. The number of halogens is 3. The molecule has 2 rings (SSSR count). The number of hydrogen-bond acceptors (Lipinski definition) is 3. The van der Waals surface area contributed by atoms with Gasteiger partial charge in [0.1, 0.15) is 0 Å². The van der Waals surface area contributed by atoms with Crippen LogP contribution < -0.4 is 10.5 Å². The van der Waals surface area contributed by atoms with Crippen molar-refractivity contribution in [1.29, 1.82) is 0 Å². The van der Waals surface area contributed by atoms with Crippen LogP contribution >= 0.6 is 12.4 Å². The van der Waals surface area contributed by atoms with Gasteiger partial charge in [0.05, 0.1) is 4.90 Å². The van der Waals surface area contributed by atoms with Gasteiger partial charge < -0.3 is 5.73 Å². The summed E-state index contributed by atoms with van der Waals surface area (Å²) < 4.78 is 52.3. The minimum Gasteiger partial charge on any atom is -0.328 e. The van der Waals surface area contributed by atoms with Crippen molar-refractivity contribution in [1.82, 2.24) is 4.72 Å². The van der Waals surface area contributed by atoms with Crippen LogP contribution in [-0.4, -0.2) is 21.0 Å². The summed E-state index contributed by atoms with van der Waals surface area (Å²) in [7, 11) is -3.81. The van der Waals surface area contributed by atoms with Crippen LogP contribution in [0, 0.1) is 17.6 Å². The topological polar surface area (TPSA) is 72.2 Å². The van der Waals surface area contributed by atoms with Crippen molar-refractivity contribution in [2.45, 2.75) is 36.6 Å². The molecular formula is C13H19ClF2N2O2S. The maximum absolute atomic E-state index is 13.1. The van der Waals surface area contributed by atoms with Crippen molar-refractivity contribution in [3.05, 3.63) is 29.8 Å². The first-order valence-corrected chi connectivity index (χ1v) is 8.07. The van der Waals surface area contributed by atoms with Crippen LogP contribution in [-0.2, 0) is 10.0 Å². The largest absolute Gasteiger partial charge is 0.328 e. The molecular weight excluding hydrogens is 322 g/mol. The van der Waals surface area contributed by atoms with Gasteiger partial charge in [0.2, 0.25) is 10.0 Å². The summed E-state index contributed by atoms with van der Waals surface area (Å²) in [5.74, 6) is -2.05. The third-order valence-electron chi connectivity index (χ3n) is 3.59. The normalized spacial score (nSPS) is 22.6. The first-order valence-electron chi connectivity index (χ1n) is 6.59. The van der Waals surface area contributed by atoms with E-state index in [1.54, 1.807) is 0 Å². The third kappa shape index (κ3) is 4.88. The molecule has 1 saturated carbocycles. The maximum Gasteiger partial charge on any atom is 0.240 e. The highest BCUT2D eigenvalue weighted by atomic mass is 35.5. The molecule has 1 aromatic carbocycles. The molecule has 1 aliphatic rings. The molecule has 21 heavy (non-hydrogen) atoms. The van der Waals surface area contributed by atoms with Crippen molar-refractivity contribution in [2.24, 2.45) is 11.7 Å². The predicted octanol–water partition coefficient (Wildman–Crippen LogP) is 2.18. The average Bonchev–Trinajstić information content (AvgIpc) is 2.40. The van der Waals surface area contributed by atoms with E-state index in [9.17, 15) is 17.2 Å². The van der Waals surface area contributed by atoms with Crippen LogP contribution in [0.5, 0.6) is 0 Å². The molecule has 1 fully saturated rings. The van der Waals surface area contributed by atoms with Crippen LogP contribution in [0.3, 0.4) is 0 Å². The molecule has 1 aliphatic carbocycles. The Bertz CT molecular complexity index is 584. The highest BCUT2D eigenvalue weighted by Gasteiger charge is 2.22. The van der Waals surface area contributed by atoms with Gasteiger partial charge in [-0.2, -0.15) is 0 Å². The number of sulfonamides is 1. The first kappa shape index (κ1) is 18.3. The molecule has 4 nitrogen and oxygen atoms in total. The van der Waals surface area contributed by atoms with E-state index in [1.165, 1.54) is 0 Å². The molecule has 1 aromatic rings. The van der Waals surface area contributed by atoms with Crippen molar-refractivity contribution >= 4 is 22.4 Å². The lowest BCUT2D eigenvalue weighted by atomic mass is 9.86. The van der Waals surface area contributed by atoms with Crippen LogP contribution in [0.4, 0.5) is 8.78 Å². The summed E-state index contributed by atoms with van der Waals surface area (Å²) >= 11 is 0. The standard InChI is InChI=1S/C13H18F2N2O2S.ClH/c14-12-5-4-11(7-13(12)15)20(18,19)17-8-9-2-1-3-10(16)6-9;/h4-5,7,9-10,17H,1-3,6,8,16H2;1H. The maximum atomic E-state index is 13.1. The first-order chi connectivity index (χ1) is 9.38. The molecule has 0 radical (unpaired) electrons. The van der Waals surface area contributed by atoms with E-state index < -0.39 is 21.7 Å². The summed E-state index contributed by atoms with van der Waals surface area (Å²) in [6.07, 6.45) is 3.65. The fraction of sp³-hybridized carbons (Fsp3) is 0.538. The predicted molar refractivity (Wildman–Crippen MR) is 78.7 cm³/mol. The van der Waals surface area contributed by atoms with Gasteiger partial charge in [-0.3, -0.25) is 0 Å². The van der Waals surface area contributed by atoms with Gasteiger partial charge in [0.25, 0.3) is 0 Å². The van der Waals surface area contributed by atoms with E-state index in [0.29, 0.717) is 6.07 Å². The van der Waals surface area contributed by atoms with Gasteiger partial charge in [-0.25, -0.2) is 21.9 Å². The van der Waals surface area contributed by atoms with E-state index in [0.717, 1.165) is 37.8 Å². The van der Waals surface area contributed by atoms with Gasteiger partial charge >= 0.3 is 0 Å². The average molecular weight is 341 g/mol. The van der Waals surface area contributed by atoms with Gasteiger partial charge in [0.15, 0.2) is 11.6 Å². The van der Waals surface area contributed by atoms with E-state index in [4.69, 9.17) is 5.73 Å². The van der Waals surface area contributed by atoms with Crippen LogP contribution in [0.2, 0.25) is 0 Å². The quantitative estimate of drug-likeness (QED) is 0.882. The SMILES string of the molecule is Cl.NC1CCCC(CNS(=O)(=O)c2ccc(F)c(F)c2)C1. The zero-order valence-electron chi connectivity index (χ0n) is 11.4. The molecule has 120 valence electrons. The Morgan fingerprint density at radius 3 is 2.57 bits per heavy atom. The molecule has 2 atom stereocenters. The smallest absolute Gasteiger partial charge is 0.240 e. The molecule has 8 heteroatoms. The van der Waals surface area contributed by atoms with Crippen molar-refractivity contribution in [3.8, 4) is 0 Å². The molecule has 0 bridgehead atoms. The number of hydrogen-bond donors (Lipinski definition) is 2. The third-order valence-corrected chi connectivity index (χ3v) is 5.01. The van der Waals surface area contributed by atoms with Crippen molar-refractivity contribution in [3.63, 3.8) is 0 Å². The summed E-state index contributed by atoms with van der Waals surface area (Å²) in [6.45, 7) is 0.273.